The van der Waals surface area contributed by atoms with Crippen LogP contribution in [-0.4, -0.2) is 62.3 Å². The summed E-state index contributed by atoms with van der Waals surface area (Å²) in [7, 11) is -3.79. The van der Waals surface area contributed by atoms with Crippen molar-refractivity contribution in [2.24, 2.45) is 0 Å². The van der Waals surface area contributed by atoms with E-state index in [1.54, 1.807) is 0 Å². The van der Waals surface area contributed by atoms with Gasteiger partial charge in [-0.05, 0) is 25.5 Å². The number of piperazine rings is 1. The minimum atomic E-state index is -3.79. The zero-order chi connectivity index (χ0) is 19.5. The molecule has 6 nitrogen and oxygen atoms in total. The van der Waals surface area contributed by atoms with E-state index in [2.05, 4.69) is 21.2 Å². The fourth-order valence-corrected chi connectivity index (χ4v) is 5.96. The number of amides is 1. The average Bonchev–Trinajstić information content (AvgIpc) is 2.53. The fourth-order valence-electron chi connectivity index (χ4n) is 2.66. The molecule has 2 rings (SSSR count). The minimum Gasteiger partial charge on any atom is -0.353 e. The van der Waals surface area contributed by atoms with E-state index in [1.807, 2.05) is 18.7 Å². The summed E-state index contributed by atoms with van der Waals surface area (Å²) in [6.07, 6.45) is 0.868. The molecule has 0 saturated carbocycles. The summed E-state index contributed by atoms with van der Waals surface area (Å²) in [6, 6.07) is 3.15. The molecular formula is C16H22BrCl2N3O3S. The van der Waals surface area contributed by atoms with Crippen LogP contribution >= 0.6 is 39.1 Å². The minimum absolute atomic E-state index is 0.0466. The monoisotopic (exact) mass is 485 g/mol. The maximum absolute atomic E-state index is 12.9. The Kier molecular flexibility index (Phi) is 7.76. The van der Waals surface area contributed by atoms with Gasteiger partial charge < -0.3 is 5.32 Å². The van der Waals surface area contributed by atoms with Crippen molar-refractivity contribution in [1.29, 1.82) is 0 Å². The lowest BCUT2D eigenvalue weighted by Gasteiger charge is -2.34. The van der Waals surface area contributed by atoms with Gasteiger partial charge in [0.15, 0.2) is 0 Å². The molecule has 0 aliphatic carbocycles. The summed E-state index contributed by atoms with van der Waals surface area (Å²) in [6.45, 7) is 5.72. The normalized spacial score (nSPS) is 17.9. The Morgan fingerprint density at radius 3 is 2.27 bits per heavy atom. The SMILES string of the molecule is CC[C@@H](C)NC(=O)CN1CCN(S(=O)(=O)c2c(Cl)cc(Br)cc2Cl)CC1. The first-order chi connectivity index (χ1) is 12.1. The molecule has 1 atom stereocenters. The number of nitrogens with one attached hydrogen (secondary N) is 1. The van der Waals surface area contributed by atoms with Crippen LogP contribution in [0.5, 0.6) is 0 Å². The highest BCUT2D eigenvalue weighted by Crippen LogP contribution is 2.34. The summed E-state index contributed by atoms with van der Waals surface area (Å²) in [4.78, 5) is 13.8. The van der Waals surface area contributed by atoms with Gasteiger partial charge in [-0.2, -0.15) is 4.31 Å². The van der Waals surface area contributed by atoms with Gasteiger partial charge in [0.1, 0.15) is 4.90 Å². The van der Waals surface area contributed by atoms with Crippen LogP contribution in [0.1, 0.15) is 20.3 Å². The average molecular weight is 487 g/mol. The second-order valence-corrected chi connectivity index (χ2v) is 9.86. The van der Waals surface area contributed by atoms with Gasteiger partial charge in [0.2, 0.25) is 15.9 Å². The summed E-state index contributed by atoms with van der Waals surface area (Å²) < 4.78 is 27.8. The van der Waals surface area contributed by atoms with E-state index in [-0.39, 0.29) is 46.5 Å². The van der Waals surface area contributed by atoms with Crippen LogP contribution in [0.4, 0.5) is 0 Å². The van der Waals surface area contributed by atoms with Crippen LogP contribution in [0.3, 0.4) is 0 Å². The third-order valence-corrected chi connectivity index (χ3v) is 7.56. The number of sulfonamides is 1. The topological polar surface area (TPSA) is 69.7 Å². The number of rotatable bonds is 6. The Balaban J connectivity index is 2.02. The van der Waals surface area contributed by atoms with Crippen molar-refractivity contribution in [3.05, 3.63) is 26.7 Å². The van der Waals surface area contributed by atoms with Crippen LogP contribution in [0, 0.1) is 0 Å². The molecule has 0 bridgehead atoms. The van der Waals surface area contributed by atoms with Gasteiger partial charge in [-0.15, -0.1) is 0 Å². The number of carbonyl (C=O) groups excluding carboxylic acids is 1. The summed E-state index contributed by atoms with van der Waals surface area (Å²) >= 11 is 15.5. The Hall–Kier alpha value is -0.380. The lowest BCUT2D eigenvalue weighted by atomic mass is 10.2. The molecule has 1 aromatic rings. The van der Waals surface area contributed by atoms with E-state index in [4.69, 9.17) is 23.2 Å². The molecule has 1 saturated heterocycles. The molecule has 0 spiro atoms. The first kappa shape index (κ1) is 21.9. The number of hydrogen-bond donors (Lipinski definition) is 1. The molecule has 26 heavy (non-hydrogen) atoms. The lowest BCUT2D eigenvalue weighted by molar-refractivity contribution is -0.123. The first-order valence-electron chi connectivity index (χ1n) is 8.31. The van der Waals surface area contributed by atoms with Gasteiger partial charge in [-0.1, -0.05) is 46.1 Å². The molecule has 1 amide bonds. The fraction of sp³-hybridized carbons (Fsp3) is 0.562. The third-order valence-electron chi connectivity index (χ3n) is 4.28. The zero-order valence-electron chi connectivity index (χ0n) is 14.6. The highest BCUT2D eigenvalue weighted by Gasteiger charge is 2.32. The standard InChI is InChI=1S/C16H22BrCl2N3O3S/c1-3-11(2)20-15(23)10-21-4-6-22(7-5-21)26(24,25)16-13(18)8-12(17)9-14(16)19/h8-9,11H,3-7,10H2,1-2H3,(H,20,23)/t11-/m1/s1. The molecule has 0 aromatic heterocycles. The second kappa shape index (κ2) is 9.21. The highest BCUT2D eigenvalue weighted by atomic mass is 79.9. The molecule has 1 aliphatic rings. The number of hydrogen-bond acceptors (Lipinski definition) is 4. The van der Waals surface area contributed by atoms with E-state index >= 15 is 0 Å². The quantitative estimate of drug-likeness (QED) is 0.671. The third kappa shape index (κ3) is 5.33. The van der Waals surface area contributed by atoms with E-state index in [0.717, 1.165) is 6.42 Å². The summed E-state index contributed by atoms with van der Waals surface area (Å²) in [5.41, 5.74) is 0. The highest BCUT2D eigenvalue weighted by molar-refractivity contribution is 9.10. The molecule has 1 heterocycles. The van der Waals surface area contributed by atoms with Crippen LogP contribution < -0.4 is 5.32 Å². The Bertz CT molecular complexity index is 745. The zero-order valence-corrected chi connectivity index (χ0v) is 18.6. The van der Waals surface area contributed by atoms with E-state index < -0.39 is 10.0 Å². The lowest BCUT2D eigenvalue weighted by Crippen LogP contribution is -2.51. The van der Waals surface area contributed by atoms with Crippen molar-refractivity contribution in [3.8, 4) is 0 Å². The van der Waals surface area contributed by atoms with Crippen molar-refractivity contribution in [1.82, 2.24) is 14.5 Å². The molecule has 10 heteroatoms. The summed E-state index contributed by atoms with van der Waals surface area (Å²) in [5.74, 6) is -0.0466. The van der Waals surface area contributed by atoms with Gasteiger partial charge >= 0.3 is 0 Å². The maximum atomic E-state index is 12.9. The number of nitrogens with zero attached hydrogens (tertiary/aromatic N) is 2. The number of benzene rings is 1. The van der Waals surface area contributed by atoms with Crippen LogP contribution in [0.15, 0.2) is 21.5 Å². The van der Waals surface area contributed by atoms with E-state index in [1.165, 1.54) is 16.4 Å². The van der Waals surface area contributed by atoms with Crippen molar-refractivity contribution in [2.75, 3.05) is 32.7 Å². The summed E-state index contributed by atoms with van der Waals surface area (Å²) in [5, 5.41) is 3.08. The first-order valence-corrected chi connectivity index (χ1v) is 11.3. The van der Waals surface area contributed by atoms with Crippen molar-refractivity contribution >= 4 is 55.1 Å². The molecule has 0 radical (unpaired) electrons. The molecule has 1 aromatic carbocycles. The van der Waals surface area contributed by atoms with Gasteiger partial charge in [-0.3, -0.25) is 9.69 Å². The second-order valence-electron chi connectivity index (χ2n) is 6.26. The molecule has 0 unspecified atom stereocenters. The predicted molar refractivity (Wildman–Crippen MR) is 107 cm³/mol. The van der Waals surface area contributed by atoms with E-state index in [9.17, 15) is 13.2 Å². The van der Waals surface area contributed by atoms with Crippen LogP contribution in [0.2, 0.25) is 10.0 Å². The van der Waals surface area contributed by atoms with Gasteiger partial charge in [0.25, 0.3) is 0 Å². The van der Waals surface area contributed by atoms with Gasteiger partial charge in [0.05, 0.1) is 16.6 Å². The molecular weight excluding hydrogens is 465 g/mol. The Morgan fingerprint density at radius 2 is 1.77 bits per heavy atom. The number of carbonyl (C=O) groups is 1. The van der Waals surface area contributed by atoms with E-state index in [0.29, 0.717) is 17.6 Å². The maximum Gasteiger partial charge on any atom is 0.246 e. The van der Waals surface area contributed by atoms with Crippen LogP contribution in [0.25, 0.3) is 0 Å². The molecule has 146 valence electrons. The van der Waals surface area contributed by atoms with Gasteiger partial charge in [0, 0.05) is 36.7 Å². The predicted octanol–water partition coefficient (Wildman–Crippen LogP) is 2.98. The van der Waals surface area contributed by atoms with Crippen molar-refractivity contribution in [2.45, 2.75) is 31.2 Å². The molecule has 1 aliphatic heterocycles. The van der Waals surface area contributed by atoms with Crippen LogP contribution in [-0.2, 0) is 14.8 Å². The van der Waals surface area contributed by atoms with Gasteiger partial charge in [-0.25, -0.2) is 8.42 Å². The van der Waals surface area contributed by atoms with Crippen molar-refractivity contribution in [3.63, 3.8) is 0 Å². The Labute approximate surface area is 173 Å². The number of halogens is 3. The smallest absolute Gasteiger partial charge is 0.246 e. The largest absolute Gasteiger partial charge is 0.353 e. The molecule has 1 N–H and O–H groups in total. The Morgan fingerprint density at radius 1 is 1.23 bits per heavy atom. The molecule has 1 fully saturated rings. The van der Waals surface area contributed by atoms with Crippen molar-refractivity contribution < 1.29 is 13.2 Å².